The van der Waals surface area contributed by atoms with Gasteiger partial charge in [-0.2, -0.15) is 0 Å². The SMILES string of the molecule is NC(=O)c1ccc2c(c1)C1(C=N2)CCN(C(N)=O)CC1. The van der Waals surface area contributed by atoms with Crippen molar-refractivity contribution in [1.29, 1.82) is 0 Å². The largest absolute Gasteiger partial charge is 0.366 e. The molecule has 0 bridgehead atoms. The monoisotopic (exact) mass is 272 g/mol. The van der Waals surface area contributed by atoms with Crippen molar-refractivity contribution in [2.45, 2.75) is 18.3 Å². The van der Waals surface area contributed by atoms with E-state index in [0.717, 1.165) is 24.1 Å². The molecule has 3 amide bonds. The lowest BCUT2D eigenvalue weighted by molar-refractivity contribution is 0.1000. The number of likely N-dealkylation sites (tertiary alicyclic amines) is 1. The molecule has 4 N–H and O–H groups in total. The highest BCUT2D eigenvalue weighted by molar-refractivity contribution is 5.95. The van der Waals surface area contributed by atoms with Crippen LogP contribution in [0.15, 0.2) is 23.2 Å². The third-order valence-corrected chi connectivity index (χ3v) is 4.24. The maximum Gasteiger partial charge on any atom is 0.314 e. The molecule has 0 aromatic heterocycles. The summed E-state index contributed by atoms with van der Waals surface area (Å²) in [5.41, 5.74) is 12.8. The zero-order valence-corrected chi connectivity index (χ0v) is 11.0. The minimum absolute atomic E-state index is 0.202. The number of nitrogens with zero attached hydrogens (tertiary/aromatic N) is 2. The summed E-state index contributed by atoms with van der Waals surface area (Å²) in [7, 11) is 0. The highest BCUT2D eigenvalue weighted by atomic mass is 16.2. The molecular weight excluding hydrogens is 256 g/mol. The van der Waals surface area contributed by atoms with Crippen molar-refractivity contribution < 1.29 is 9.59 Å². The van der Waals surface area contributed by atoms with Gasteiger partial charge in [0.25, 0.3) is 0 Å². The average molecular weight is 272 g/mol. The molecule has 1 saturated heterocycles. The summed E-state index contributed by atoms with van der Waals surface area (Å²) < 4.78 is 0. The topological polar surface area (TPSA) is 102 Å². The molecule has 104 valence electrons. The summed E-state index contributed by atoms with van der Waals surface area (Å²) in [6.07, 6.45) is 3.45. The molecule has 0 radical (unpaired) electrons. The fraction of sp³-hybridized carbons (Fsp3) is 0.357. The Balaban J connectivity index is 1.92. The number of nitrogens with two attached hydrogens (primary N) is 2. The van der Waals surface area contributed by atoms with Crippen LogP contribution in [0.2, 0.25) is 0 Å². The first-order chi connectivity index (χ1) is 9.52. The van der Waals surface area contributed by atoms with Gasteiger partial charge in [0.1, 0.15) is 0 Å². The first kappa shape index (κ1) is 12.7. The average Bonchev–Trinajstić information content (AvgIpc) is 2.78. The molecular formula is C14H16N4O2. The van der Waals surface area contributed by atoms with E-state index in [1.54, 1.807) is 11.0 Å². The molecule has 0 aliphatic carbocycles. The van der Waals surface area contributed by atoms with Crippen LogP contribution in [0, 0.1) is 0 Å². The fourth-order valence-electron chi connectivity index (χ4n) is 2.99. The Kier molecular flexibility index (Phi) is 2.74. The van der Waals surface area contributed by atoms with E-state index in [2.05, 4.69) is 4.99 Å². The van der Waals surface area contributed by atoms with Gasteiger partial charge >= 0.3 is 6.03 Å². The van der Waals surface area contributed by atoms with Gasteiger partial charge in [0.15, 0.2) is 0 Å². The van der Waals surface area contributed by atoms with Gasteiger partial charge in [-0.25, -0.2) is 4.79 Å². The molecule has 1 aromatic rings. The lowest BCUT2D eigenvalue weighted by atomic mass is 9.74. The molecule has 2 aliphatic heterocycles. The predicted octanol–water partition coefficient (Wildman–Crippen LogP) is 0.914. The van der Waals surface area contributed by atoms with E-state index in [1.165, 1.54) is 0 Å². The summed E-state index contributed by atoms with van der Waals surface area (Å²) in [6.45, 7) is 1.20. The quantitative estimate of drug-likeness (QED) is 0.793. The van der Waals surface area contributed by atoms with Crippen molar-refractivity contribution in [2.75, 3.05) is 13.1 Å². The van der Waals surface area contributed by atoms with Gasteiger partial charge < -0.3 is 16.4 Å². The normalized spacial score (nSPS) is 19.1. The first-order valence-electron chi connectivity index (χ1n) is 6.56. The third kappa shape index (κ3) is 1.84. The molecule has 3 rings (SSSR count). The van der Waals surface area contributed by atoms with E-state index in [9.17, 15) is 9.59 Å². The second-order valence-corrected chi connectivity index (χ2v) is 5.34. The summed E-state index contributed by atoms with van der Waals surface area (Å²) in [5, 5.41) is 0. The molecule has 1 spiro atoms. The number of aliphatic imine (C=N–C) groups is 1. The van der Waals surface area contributed by atoms with Crippen LogP contribution in [0.5, 0.6) is 0 Å². The molecule has 6 heteroatoms. The molecule has 1 aromatic carbocycles. The highest BCUT2D eigenvalue weighted by Gasteiger charge is 2.40. The zero-order chi connectivity index (χ0) is 14.3. The van der Waals surface area contributed by atoms with Gasteiger partial charge in [-0.3, -0.25) is 9.79 Å². The Morgan fingerprint density at radius 2 is 1.90 bits per heavy atom. The minimum atomic E-state index is -0.440. The van der Waals surface area contributed by atoms with Crippen LogP contribution in [0.3, 0.4) is 0 Å². The van der Waals surface area contributed by atoms with Crippen LogP contribution >= 0.6 is 0 Å². The number of primary amides is 2. The van der Waals surface area contributed by atoms with Crippen molar-refractivity contribution in [3.05, 3.63) is 29.3 Å². The lowest BCUT2D eigenvalue weighted by Crippen LogP contribution is -2.47. The Hall–Kier alpha value is -2.37. The smallest absolute Gasteiger partial charge is 0.314 e. The van der Waals surface area contributed by atoms with Gasteiger partial charge in [-0.1, -0.05) is 0 Å². The number of benzene rings is 1. The van der Waals surface area contributed by atoms with E-state index in [-0.39, 0.29) is 11.4 Å². The molecule has 6 nitrogen and oxygen atoms in total. The van der Waals surface area contributed by atoms with Gasteiger partial charge in [-0.15, -0.1) is 0 Å². The number of carbonyl (C=O) groups excluding carboxylic acids is 2. The summed E-state index contributed by atoms with van der Waals surface area (Å²) in [5.74, 6) is -0.440. The van der Waals surface area contributed by atoms with Crippen LogP contribution in [0.4, 0.5) is 10.5 Å². The van der Waals surface area contributed by atoms with Crippen LogP contribution in [-0.2, 0) is 5.41 Å². The Morgan fingerprint density at radius 3 is 2.50 bits per heavy atom. The Labute approximate surface area is 116 Å². The van der Waals surface area contributed by atoms with E-state index >= 15 is 0 Å². The number of hydrogen-bond donors (Lipinski definition) is 2. The Morgan fingerprint density at radius 1 is 1.20 bits per heavy atom. The van der Waals surface area contributed by atoms with E-state index < -0.39 is 5.91 Å². The first-order valence-corrected chi connectivity index (χ1v) is 6.56. The maximum atomic E-state index is 11.3. The maximum absolute atomic E-state index is 11.3. The van der Waals surface area contributed by atoms with Gasteiger partial charge in [0.05, 0.1) is 5.69 Å². The zero-order valence-electron chi connectivity index (χ0n) is 11.0. The van der Waals surface area contributed by atoms with Crippen molar-refractivity contribution in [1.82, 2.24) is 4.90 Å². The molecule has 1 fully saturated rings. The van der Waals surface area contributed by atoms with E-state index in [4.69, 9.17) is 11.5 Å². The molecule has 0 saturated carbocycles. The minimum Gasteiger partial charge on any atom is -0.366 e. The molecule has 2 heterocycles. The molecule has 20 heavy (non-hydrogen) atoms. The van der Waals surface area contributed by atoms with Gasteiger partial charge in [0, 0.05) is 30.3 Å². The number of fused-ring (bicyclic) bond motifs is 2. The summed E-state index contributed by atoms with van der Waals surface area (Å²) in [6, 6.07) is 4.95. The fourth-order valence-corrected chi connectivity index (χ4v) is 2.99. The van der Waals surface area contributed by atoms with Crippen LogP contribution < -0.4 is 11.5 Å². The second kappa shape index (κ2) is 4.33. The number of piperidine rings is 1. The molecule has 0 atom stereocenters. The lowest BCUT2D eigenvalue weighted by Gasteiger charge is -2.37. The number of rotatable bonds is 1. The van der Waals surface area contributed by atoms with Crippen molar-refractivity contribution in [3.63, 3.8) is 0 Å². The van der Waals surface area contributed by atoms with Crippen molar-refractivity contribution in [2.24, 2.45) is 16.5 Å². The summed E-state index contributed by atoms with van der Waals surface area (Å²) in [4.78, 5) is 28.6. The molecule has 0 unspecified atom stereocenters. The van der Waals surface area contributed by atoms with Crippen LogP contribution in [0.25, 0.3) is 0 Å². The standard InChI is InChI=1S/C14H16N4O2/c15-12(19)9-1-2-11-10(7-9)14(8-17-11)3-5-18(6-4-14)13(16)20/h1-2,7-8H,3-6H2,(H2,15,19)(H2,16,20). The highest BCUT2D eigenvalue weighted by Crippen LogP contribution is 2.43. The predicted molar refractivity (Wildman–Crippen MR) is 75.2 cm³/mol. The third-order valence-electron chi connectivity index (χ3n) is 4.24. The number of amides is 3. The number of urea groups is 1. The number of hydrogen-bond acceptors (Lipinski definition) is 3. The van der Waals surface area contributed by atoms with Crippen LogP contribution in [-0.4, -0.2) is 36.1 Å². The van der Waals surface area contributed by atoms with Crippen LogP contribution in [0.1, 0.15) is 28.8 Å². The molecule has 2 aliphatic rings. The Bertz CT molecular complexity index is 616. The van der Waals surface area contributed by atoms with Gasteiger partial charge in [-0.05, 0) is 36.6 Å². The van der Waals surface area contributed by atoms with E-state index in [1.807, 2.05) is 18.3 Å². The van der Waals surface area contributed by atoms with E-state index in [0.29, 0.717) is 18.7 Å². The van der Waals surface area contributed by atoms with Gasteiger partial charge in [0.2, 0.25) is 5.91 Å². The van der Waals surface area contributed by atoms with Crippen molar-refractivity contribution in [3.8, 4) is 0 Å². The summed E-state index contributed by atoms with van der Waals surface area (Å²) >= 11 is 0. The second-order valence-electron chi connectivity index (χ2n) is 5.34. The van der Waals surface area contributed by atoms with Crippen molar-refractivity contribution >= 4 is 23.8 Å². The number of carbonyl (C=O) groups is 2.